The molecule has 20 heavy (non-hydrogen) atoms. The molecular weight excluding hydrogens is 347 g/mol. The second-order valence-corrected chi connectivity index (χ2v) is 5.30. The van der Waals surface area contributed by atoms with Gasteiger partial charge in [0, 0.05) is 9.50 Å². The highest BCUT2D eigenvalue weighted by molar-refractivity contribution is 9.10. The van der Waals surface area contributed by atoms with Crippen LogP contribution in [-0.2, 0) is 4.79 Å². The van der Waals surface area contributed by atoms with Gasteiger partial charge in [0.15, 0.2) is 0 Å². The maximum absolute atomic E-state index is 13.5. The number of carbonyl (C=O) groups excluding carboxylic acids is 1. The molecule has 0 spiro atoms. The number of para-hydroxylation sites is 1. The minimum Gasteiger partial charge on any atom is -0.374 e. The summed E-state index contributed by atoms with van der Waals surface area (Å²) >= 11 is 8.98. The van der Waals surface area contributed by atoms with Crippen LogP contribution in [0.2, 0.25) is 5.02 Å². The van der Waals surface area contributed by atoms with Crippen molar-refractivity contribution in [1.82, 2.24) is 0 Å². The molecule has 104 valence electrons. The molecular formula is C14H11BrClFN2O. The smallest absolute Gasteiger partial charge is 0.243 e. The van der Waals surface area contributed by atoms with Gasteiger partial charge in [0.1, 0.15) is 5.82 Å². The van der Waals surface area contributed by atoms with E-state index < -0.39 is 5.82 Å². The van der Waals surface area contributed by atoms with Crippen LogP contribution >= 0.6 is 27.5 Å². The van der Waals surface area contributed by atoms with Crippen LogP contribution in [0.15, 0.2) is 46.9 Å². The molecule has 0 saturated heterocycles. The molecule has 2 N–H and O–H groups in total. The Morgan fingerprint density at radius 2 is 1.95 bits per heavy atom. The average molecular weight is 358 g/mol. The van der Waals surface area contributed by atoms with Gasteiger partial charge in [-0.3, -0.25) is 4.79 Å². The first-order chi connectivity index (χ1) is 9.56. The van der Waals surface area contributed by atoms with Gasteiger partial charge in [-0.2, -0.15) is 0 Å². The first-order valence-electron chi connectivity index (χ1n) is 5.79. The second kappa shape index (κ2) is 6.72. The van der Waals surface area contributed by atoms with Crippen LogP contribution in [0.3, 0.4) is 0 Å². The van der Waals surface area contributed by atoms with Crippen LogP contribution in [0.5, 0.6) is 0 Å². The molecule has 0 aliphatic heterocycles. The third-order valence-electron chi connectivity index (χ3n) is 2.52. The lowest BCUT2D eigenvalue weighted by Gasteiger charge is -2.09. The van der Waals surface area contributed by atoms with Crippen molar-refractivity contribution in [3.05, 3.63) is 57.8 Å². The van der Waals surface area contributed by atoms with Gasteiger partial charge in [-0.25, -0.2) is 4.39 Å². The molecule has 0 radical (unpaired) electrons. The van der Waals surface area contributed by atoms with Crippen LogP contribution in [0, 0.1) is 5.82 Å². The molecule has 2 rings (SSSR count). The summed E-state index contributed by atoms with van der Waals surface area (Å²) in [6, 6.07) is 11.5. The SMILES string of the molecule is O=C(CNc1ccc(Cl)cc1F)Nc1ccccc1Br. The Labute approximate surface area is 129 Å². The Morgan fingerprint density at radius 1 is 1.20 bits per heavy atom. The number of hydrogen-bond donors (Lipinski definition) is 2. The largest absolute Gasteiger partial charge is 0.374 e. The van der Waals surface area contributed by atoms with Gasteiger partial charge in [-0.05, 0) is 46.3 Å². The summed E-state index contributed by atoms with van der Waals surface area (Å²) < 4.78 is 14.3. The summed E-state index contributed by atoms with van der Waals surface area (Å²) in [5, 5.41) is 5.74. The van der Waals surface area contributed by atoms with Gasteiger partial charge < -0.3 is 10.6 Å². The lowest BCUT2D eigenvalue weighted by atomic mass is 10.3. The van der Waals surface area contributed by atoms with E-state index in [4.69, 9.17) is 11.6 Å². The summed E-state index contributed by atoms with van der Waals surface area (Å²) in [6.45, 7) is -0.0418. The fourth-order valence-electron chi connectivity index (χ4n) is 1.57. The van der Waals surface area contributed by atoms with E-state index in [0.29, 0.717) is 10.7 Å². The fourth-order valence-corrected chi connectivity index (χ4v) is 2.11. The van der Waals surface area contributed by atoms with Crippen LogP contribution in [0.1, 0.15) is 0 Å². The zero-order chi connectivity index (χ0) is 14.5. The van der Waals surface area contributed by atoms with Crippen molar-refractivity contribution in [1.29, 1.82) is 0 Å². The van der Waals surface area contributed by atoms with Crippen LogP contribution in [0.25, 0.3) is 0 Å². The van der Waals surface area contributed by atoms with Crippen molar-refractivity contribution < 1.29 is 9.18 Å². The number of benzene rings is 2. The molecule has 0 bridgehead atoms. The average Bonchev–Trinajstić information content (AvgIpc) is 2.40. The minimum atomic E-state index is -0.494. The van der Waals surface area contributed by atoms with Gasteiger partial charge in [-0.15, -0.1) is 0 Å². The molecule has 1 amide bonds. The Balaban J connectivity index is 1.94. The fraction of sp³-hybridized carbons (Fsp3) is 0.0714. The number of anilines is 2. The van der Waals surface area contributed by atoms with Crippen molar-refractivity contribution in [2.24, 2.45) is 0 Å². The number of halogens is 3. The zero-order valence-corrected chi connectivity index (χ0v) is 12.6. The Hall–Kier alpha value is -1.59. The van der Waals surface area contributed by atoms with Gasteiger partial charge >= 0.3 is 0 Å². The monoisotopic (exact) mass is 356 g/mol. The molecule has 0 atom stereocenters. The number of nitrogens with one attached hydrogen (secondary N) is 2. The number of hydrogen-bond acceptors (Lipinski definition) is 2. The molecule has 0 aliphatic carbocycles. The lowest BCUT2D eigenvalue weighted by Crippen LogP contribution is -2.22. The maximum Gasteiger partial charge on any atom is 0.243 e. The first kappa shape index (κ1) is 14.8. The Kier molecular flexibility index (Phi) is 4.98. The van der Waals surface area contributed by atoms with Gasteiger partial charge in [0.05, 0.1) is 17.9 Å². The minimum absolute atomic E-state index is 0.0418. The number of carbonyl (C=O) groups is 1. The third kappa shape index (κ3) is 3.95. The molecule has 0 aromatic heterocycles. The quantitative estimate of drug-likeness (QED) is 0.857. The van der Waals surface area contributed by atoms with Gasteiger partial charge in [0.25, 0.3) is 0 Å². The summed E-state index contributed by atoms with van der Waals surface area (Å²) in [7, 11) is 0. The number of rotatable bonds is 4. The molecule has 2 aromatic carbocycles. The molecule has 0 aliphatic rings. The van der Waals surface area contributed by atoms with Crippen molar-refractivity contribution in [2.45, 2.75) is 0 Å². The molecule has 0 saturated carbocycles. The topological polar surface area (TPSA) is 41.1 Å². The molecule has 6 heteroatoms. The van der Waals surface area contributed by atoms with Gasteiger partial charge in [-0.1, -0.05) is 23.7 Å². The highest BCUT2D eigenvalue weighted by atomic mass is 79.9. The van der Waals surface area contributed by atoms with Crippen LogP contribution in [0.4, 0.5) is 15.8 Å². The molecule has 2 aromatic rings. The van der Waals surface area contributed by atoms with E-state index in [9.17, 15) is 9.18 Å². The van der Waals surface area contributed by atoms with E-state index in [0.717, 1.165) is 4.47 Å². The predicted molar refractivity (Wildman–Crippen MR) is 82.7 cm³/mol. The lowest BCUT2D eigenvalue weighted by molar-refractivity contribution is -0.114. The zero-order valence-electron chi connectivity index (χ0n) is 10.3. The first-order valence-corrected chi connectivity index (χ1v) is 6.96. The maximum atomic E-state index is 13.5. The van der Waals surface area contributed by atoms with E-state index in [-0.39, 0.29) is 18.1 Å². The van der Waals surface area contributed by atoms with Crippen molar-refractivity contribution in [2.75, 3.05) is 17.2 Å². The van der Waals surface area contributed by atoms with E-state index in [1.165, 1.54) is 12.1 Å². The van der Waals surface area contributed by atoms with E-state index >= 15 is 0 Å². The second-order valence-electron chi connectivity index (χ2n) is 4.01. The molecule has 0 heterocycles. The highest BCUT2D eigenvalue weighted by Crippen LogP contribution is 2.21. The Morgan fingerprint density at radius 3 is 2.65 bits per heavy atom. The standard InChI is InChI=1S/C14H11BrClFN2O/c15-10-3-1-2-4-12(10)19-14(20)8-18-13-6-5-9(16)7-11(13)17/h1-7,18H,8H2,(H,19,20). The van der Waals surface area contributed by atoms with Crippen molar-refractivity contribution in [3.8, 4) is 0 Å². The van der Waals surface area contributed by atoms with Crippen LogP contribution in [-0.4, -0.2) is 12.5 Å². The third-order valence-corrected chi connectivity index (χ3v) is 3.45. The Bertz CT molecular complexity index is 636. The normalized spacial score (nSPS) is 10.2. The van der Waals surface area contributed by atoms with Crippen molar-refractivity contribution >= 4 is 44.8 Å². The molecule has 0 unspecified atom stereocenters. The molecule has 3 nitrogen and oxygen atoms in total. The summed E-state index contributed by atoms with van der Waals surface area (Å²) in [5.74, 6) is -0.766. The molecule has 0 fully saturated rings. The van der Waals surface area contributed by atoms with E-state index in [2.05, 4.69) is 26.6 Å². The van der Waals surface area contributed by atoms with E-state index in [1.54, 1.807) is 12.1 Å². The highest BCUT2D eigenvalue weighted by Gasteiger charge is 2.07. The summed E-state index contributed by atoms with van der Waals surface area (Å²) in [6.07, 6.45) is 0. The summed E-state index contributed by atoms with van der Waals surface area (Å²) in [4.78, 5) is 11.8. The summed E-state index contributed by atoms with van der Waals surface area (Å²) in [5.41, 5.74) is 0.896. The van der Waals surface area contributed by atoms with E-state index in [1.807, 2.05) is 18.2 Å². The van der Waals surface area contributed by atoms with Crippen LogP contribution < -0.4 is 10.6 Å². The van der Waals surface area contributed by atoms with Gasteiger partial charge in [0.2, 0.25) is 5.91 Å². The van der Waals surface area contributed by atoms with Crippen molar-refractivity contribution in [3.63, 3.8) is 0 Å². The number of amides is 1. The predicted octanol–water partition coefficient (Wildman–Crippen LogP) is 4.29.